The zero-order valence-electron chi connectivity index (χ0n) is 9.65. The maximum absolute atomic E-state index is 13.5. The van der Waals surface area contributed by atoms with E-state index in [4.69, 9.17) is 5.26 Å². The predicted molar refractivity (Wildman–Crippen MR) is 65.5 cm³/mol. The van der Waals surface area contributed by atoms with Gasteiger partial charge >= 0.3 is 0 Å². The van der Waals surface area contributed by atoms with Crippen LogP contribution in [-0.4, -0.2) is 5.91 Å². The zero-order chi connectivity index (χ0) is 13.8. The number of anilines is 1. The summed E-state index contributed by atoms with van der Waals surface area (Å²) in [5.41, 5.74) is -0.160. The first-order chi connectivity index (χ1) is 9.11. The van der Waals surface area contributed by atoms with Crippen molar-refractivity contribution in [2.45, 2.75) is 0 Å². The van der Waals surface area contributed by atoms with Crippen molar-refractivity contribution in [1.29, 1.82) is 5.26 Å². The molecule has 0 heterocycles. The van der Waals surface area contributed by atoms with Crippen LogP contribution in [0.2, 0.25) is 0 Å². The summed E-state index contributed by atoms with van der Waals surface area (Å²) < 4.78 is 26.7. The number of rotatable bonds is 2. The SMILES string of the molecule is N#Cc1cc(F)c(F)c(C(=O)Nc2ccccc2)c1. The molecule has 1 amide bonds. The van der Waals surface area contributed by atoms with Gasteiger partial charge in [-0.2, -0.15) is 5.26 Å². The number of nitriles is 1. The Morgan fingerprint density at radius 3 is 2.47 bits per heavy atom. The van der Waals surface area contributed by atoms with E-state index in [0.717, 1.165) is 12.1 Å². The van der Waals surface area contributed by atoms with Crippen LogP contribution in [0.15, 0.2) is 42.5 Å². The second kappa shape index (κ2) is 5.27. The van der Waals surface area contributed by atoms with E-state index >= 15 is 0 Å². The second-order valence-corrected chi connectivity index (χ2v) is 3.75. The Hall–Kier alpha value is -2.74. The Bertz CT molecular complexity index is 663. The summed E-state index contributed by atoms with van der Waals surface area (Å²) in [7, 11) is 0. The van der Waals surface area contributed by atoms with Gasteiger partial charge in [-0.15, -0.1) is 0 Å². The molecule has 0 aliphatic carbocycles. The first-order valence-electron chi connectivity index (χ1n) is 5.37. The highest BCUT2D eigenvalue weighted by Gasteiger charge is 2.17. The summed E-state index contributed by atoms with van der Waals surface area (Å²) >= 11 is 0. The molecule has 0 fully saturated rings. The van der Waals surface area contributed by atoms with Crippen LogP contribution in [0.1, 0.15) is 15.9 Å². The van der Waals surface area contributed by atoms with Crippen molar-refractivity contribution < 1.29 is 13.6 Å². The maximum Gasteiger partial charge on any atom is 0.258 e. The molecule has 2 aromatic rings. The van der Waals surface area contributed by atoms with E-state index in [9.17, 15) is 13.6 Å². The number of nitrogens with zero attached hydrogens (tertiary/aromatic N) is 1. The molecule has 19 heavy (non-hydrogen) atoms. The molecule has 0 aromatic heterocycles. The minimum absolute atomic E-state index is 0.114. The molecule has 0 atom stereocenters. The summed E-state index contributed by atoms with van der Waals surface area (Å²) in [6, 6.07) is 11.8. The van der Waals surface area contributed by atoms with Gasteiger partial charge in [0.1, 0.15) is 0 Å². The quantitative estimate of drug-likeness (QED) is 0.899. The first-order valence-corrected chi connectivity index (χ1v) is 5.37. The van der Waals surface area contributed by atoms with E-state index in [1.165, 1.54) is 0 Å². The standard InChI is InChI=1S/C14H8F2N2O/c15-12-7-9(8-17)6-11(13(12)16)14(19)18-10-4-2-1-3-5-10/h1-7H,(H,18,19). The Kier molecular flexibility index (Phi) is 3.53. The van der Waals surface area contributed by atoms with Gasteiger partial charge < -0.3 is 5.32 Å². The zero-order valence-corrected chi connectivity index (χ0v) is 9.65. The van der Waals surface area contributed by atoms with Gasteiger partial charge in [0.05, 0.1) is 17.2 Å². The van der Waals surface area contributed by atoms with Crippen molar-refractivity contribution >= 4 is 11.6 Å². The first kappa shape index (κ1) is 12.7. The number of benzene rings is 2. The van der Waals surface area contributed by atoms with Gasteiger partial charge in [0.25, 0.3) is 5.91 Å². The molecule has 0 saturated heterocycles. The number of hydrogen-bond donors (Lipinski definition) is 1. The summed E-state index contributed by atoms with van der Waals surface area (Å²) in [4.78, 5) is 11.8. The Balaban J connectivity index is 2.34. The highest BCUT2D eigenvalue weighted by Crippen LogP contribution is 2.16. The molecule has 0 aliphatic rings. The molecule has 94 valence electrons. The normalized spacial score (nSPS) is 9.74. The fourth-order valence-electron chi connectivity index (χ4n) is 1.54. The molecular formula is C14H8F2N2O. The molecule has 1 N–H and O–H groups in total. The Labute approximate surface area is 108 Å². The smallest absolute Gasteiger partial charge is 0.258 e. The third-order valence-electron chi connectivity index (χ3n) is 2.43. The molecule has 0 radical (unpaired) electrons. The minimum atomic E-state index is -1.27. The molecule has 2 aromatic carbocycles. The summed E-state index contributed by atoms with van der Waals surface area (Å²) in [5.74, 6) is -3.30. The van der Waals surface area contributed by atoms with Crippen LogP contribution in [0, 0.1) is 23.0 Å². The van der Waals surface area contributed by atoms with Crippen LogP contribution < -0.4 is 5.32 Å². The monoisotopic (exact) mass is 258 g/mol. The van der Waals surface area contributed by atoms with Gasteiger partial charge in [0, 0.05) is 5.69 Å². The topological polar surface area (TPSA) is 52.9 Å². The largest absolute Gasteiger partial charge is 0.322 e. The van der Waals surface area contributed by atoms with Crippen molar-refractivity contribution in [3.05, 3.63) is 65.2 Å². The molecule has 0 aliphatic heterocycles. The third kappa shape index (κ3) is 2.75. The van der Waals surface area contributed by atoms with Crippen LogP contribution in [0.3, 0.4) is 0 Å². The van der Waals surface area contributed by atoms with Gasteiger partial charge in [-0.05, 0) is 24.3 Å². The number of hydrogen-bond acceptors (Lipinski definition) is 2. The highest BCUT2D eigenvalue weighted by molar-refractivity contribution is 6.04. The minimum Gasteiger partial charge on any atom is -0.322 e. The maximum atomic E-state index is 13.5. The molecule has 0 spiro atoms. The Morgan fingerprint density at radius 1 is 1.16 bits per heavy atom. The molecule has 0 bridgehead atoms. The Morgan fingerprint density at radius 2 is 1.84 bits per heavy atom. The number of amides is 1. The van der Waals surface area contributed by atoms with Crippen LogP contribution in [0.25, 0.3) is 0 Å². The lowest BCUT2D eigenvalue weighted by Crippen LogP contribution is -2.15. The van der Waals surface area contributed by atoms with E-state index in [0.29, 0.717) is 5.69 Å². The number of halogens is 2. The van der Waals surface area contributed by atoms with E-state index in [-0.39, 0.29) is 5.56 Å². The summed E-state index contributed by atoms with van der Waals surface area (Å²) in [6.45, 7) is 0. The van der Waals surface area contributed by atoms with E-state index in [2.05, 4.69) is 5.32 Å². The summed E-state index contributed by atoms with van der Waals surface area (Å²) in [5, 5.41) is 11.1. The average Bonchev–Trinajstić information content (AvgIpc) is 2.42. The fourth-order valence-corrected chi connectivity index (χ4v) is 1.54. The lowest BCUT2D eigenvalue weighted by atomic mass is 10.1. The van der Waals surface area contributed by atoms with Gasteiger partial charge in [0.2, 0.25) is 0 Å². The fraction of sp³-hybridized carbons (Fsp3) is 0. The number of nitrogens with one attached hydrogen (secondary N) is 1. The van der Waals surface area contributed by atoms with Crippen molar-refractivity contribution in [1.82, 2.24) is 0 Å². The lowest BCUT2D eigenvalue weighted by molar-refractivity contribution is 0.102. The van der Waals surface area contributed by atoms with Gasteiger partial charge in [-0.1, -0.05) is 18.2 Å². The number of carbonyl (C=O) groups excluding carboxylic acids is 1. The van der Waals surface area contributed by atoms with Crippen molar-refractivity contribution in [2.75, 3.05) is 5.32 Å². The molecule has 5 heteroatoms. The van der Waals surface area contributed by atoms with Crippen LogP contribution >= 0.6 is 0 Å². The number of carbonyl (C=O) groups is 1. The van der Waals surface area contributed by atoms with Gasteiger partial charge in [-0.25, -0.2) is 8.78 Å². The average molecular weight is 258 g/mol. The highest BCUT2D eigenvalue weighted by atomic mass is 19.2. The van der Waals surface area contributed by atoms with Crippen molar-refractivity contribution in [3.8, 4) is 6.07 Å². The van der Waals surface area contributed by atoms with Gasteiger partial charge in [-0.3, -0.25) is 4.79 Å². The van der Waals surface area contributed by atoms with E-state index in [1.54, 1.807) is 36.4 Å². The molecule has 0 saturated carbocycles. The van der Waals surface area contributed by atoms with Crippen LogP contribution in [0.5, 0.6) is 0 Å². The van der Waals surface area contributed by atoms with E-state index < -0.39 is 23.1 Å². The van der Waals surface area contributed by atoms with Gasteiger partial charge in [0.15, 0.2) is 11.6 Å². The lowest BCUT2D eigenvalue weighted by Gasteiger charge is -2.06. The van der Waals surface area contributed by atoms with Crippen LogP contribution in [0.4, 0.5) is 14.5 Å². The molecular weight excluding hydrogens is 250 g/mol. The third-order valence-corrected chi connectivity index (χ3v) is 2.43. The molecule has 2 rings (SSSR count). The van der Waals surface area contributed by atoms with E-state index in [1.807, 2.05) is 0 Å². The molecule has 0 unspecified atom stereocenters. The van der Waals surface area contributed by atoms with Crippen LogP contribution in [-0.2, 0) is 0 Å². The second-order valence-electron chi connectivity index (χ2n) is 3.75. The predicted octanol–water partition coefficient (Wildman–Crippen LogP) is 3.09. The summed E-state index contributed by atoms with van der Waals surface area (Å²) in [6.07, 6.45) is 0. The van der Waals surface area contributed by atoms with Crippen molar-refractivity contribution in [2.24, 2.45) is 0 Å². The van der Waals surface area contributed by atoms with Crippen molar-refractivity contribution in [3.63, 3.8) is 0 Å². The molecule has 3 nitrogen and oxygen atoms in total. The number of para-hydroxylation sites is 1.